The van der Waals surface area contributed by atoms with Gasteiger partial charge in [0.05, 0.1) is 6.61 Å². The molecule has 0 atom stereocenters. The summed E-state index contributed by atoms with van der Waals surface area (Å²) in [6, 6.07) is 6.40. The Kier molecular flexibility index (Phi) is 4.71. The number of nitrogens with two attached hydrogens (primary N) is 1. The second-order valence-corrected chi connectivity index (χ2v) is 3.47. The molecule has 94 valence electrons. The van der Waals surface area contributed by atoms with Crippen LogP contribution in [0.1, 0.15) is 5.56 Å². The Labute approximate surface area is 101 Å². The molecule has 3 nitrogen and oxygen atoms in total. The highest BCUT2D eigenvalue weighted by atomic mass is 32.1. The average molecular weight is 265 g/mol. The third kappa shape index (κ3) is 5.50. The minimum absolute atomic E-state index is 0.189. The number of halogens is 3. The van der Waals surface area contributed by atoms with Crippen LogP contribution in [0.25, 0.3) is 0 Å². The van der Waals surface area contributed by atoms with Gasteiger partial charge in [-0.2, -0.15) is 0 Å². The van der Waals surface area contributed by atoms with Gasteiger partial charge in [-0.15, -0.1) is 13.2 Å². The van der Waals surface area contributed by atoms with Gasteiger partial charge in [0.2, 0.25) is 0 Å². The van der Waals surface area contributed by atoms with Crippen molar-refractivity contribution in [3.63, 3.8) is 0 Å². The van der Waals surface area contributed by atoms with Crippen LogP contribution < -0.4 is 10.5 Å². The van der Waals surface area contributed by atoms with Crippen LogP contribution in [-0.2, 0) is 4.74 Å². The first-order valence-electron chi connectivity index (χ1n) is 4.62. The summed E-state index contributed by atoms with van der Waals surface area (Å²) in [6.07, 6.45) is -4.63. The van der Waals surface area contributed by atoms with Gasteiger partial charge >= 0.3 is 6.36 Å². The molecule has 17 heavy (non-hydrogen) atoms. The Bertz CT molecular complexity index is 378. The summed E-state index contributed by atoms with van der Waals surface area (Å²) < 4.78 is 43.4. The van der Waals surface area contributed by atoms with E-state index in [1.165, 1.54) is 0 Å². The predicted octanol–water partition coefficient (Wildman–Crippen LogP) is 2.24. The molecule has 0 spiro atoms. The van der Waals surface area contributed by atoms with Crippen molar-refractivity contribution in [3.8, 4) is 5.75 Å². The number of thiocarbonyl (C=S) groups is 1. The molecule has 2 N–H and O–H groups in total. The maximum atomic E-state index is 11.6. The quantitative estimate of drug-likeness (QED) is 0.655. The van der Waals surface area contributed by atoms with Gasteiger partial charge in [0, 0.05) is 5.56 Å². The van der Waals surface area contributed by atoms with Crippen molar-refractivity contribution in [2.45, 2.75) is 6.36 Å². The second kappa shape index (κ2) is 5.83. The summed E-state index contributed by atoms with van der Waals surface area (Å²) in [4.78, 5) is 0.247. The molecule has 1 aromatic rings. The summed E-state index contributed by atoms with van der Waals surface area (Å²) in [6.45, 7) is -0.744. The first kappa shape index (κ1) is 13.7. The van der Waals surface area contributed by atoms with E-state index in [1.54, 1.807) is 24.3 Å². The zero-order valence-electron chi connectivity index (χ0n) is 8.66. The first-order valence-corrected chi connectivity index (χ1v) is 5.02. The summed E-state index contributed by atoms with van der Waals surface area (Å²) >= 11 is 4.74. The second-order valence-electron chi connectivity index (χ2n) is 3.03. The topological polar surface area (TPSA) is 44.5 Å². The van der Waals surface area contributed by atoms with Crippen molar-refractivity contribution in [1.82, 2.24) is 0 Å². The fraction of sp³-hybridized carbons (Fsp3) is 0.300. The van der Waals surface area contributed by atoms with Crippen LogP contribution in [0.15, 0.2) is 24.3 Å². The Morgan fingerprint density at radius 3 is 2.24 bits per heavy atom. The molecule has 0 saturated carbocycles. The van der Waals surface area contributed by atoms with E-state index in [2.05, 4.69) is 4.74 Å². The van der Waals surface area contributed by atoms with Crippen LogP contribution in [-0.4, -0.2) is 24.6 Å². The van der Waals surface area contributed by atoms with Crippen LogP contribution in [0.3, 0.4) is 0 Å². The maximum absolute atomic E-state index is 11.6. The molecule has 0 radical (unpaired) electrons. The van der Waals surface area contributed by atoms with E-state index >= 15 is 0 Å². The lowest BCUT2D eigenvalue weighted by Gasteiger charge is -2.09. The highest BCUT2D eigenvalue weighted by molar-refractivity contribution is 7.80. The summed E-state index contributed by atoms with van der Waals surface area (Å²) in [7, 11) is 0. The fourth-order valence-corrected chi connectivity index (χ4v) is 1.17. The van der Waals surface area contributed by atoms with E-state index in [4.69, 9.17) is 22.7 Å². The molecule has 0 aromatic heterocycles. The highest BCUT2D eigenvalue weighted by Crippen LogP contribution is 2.16. The Morgan fingerprint density at radius 2 is 1.76 bits per heavy atom. The average Bonchev–Trinajstić information content (AvgIpc) is 2.24. The van der Waals surface area contributed by atoms with E-state index < -0.39 is 13.0 Å². The van der Waals surface area contributed by atoms with Gasteiger partial charge in [0.1, 0.15) is 17.3 Å². The molecular weight excluding hydrogens is 255 g/mol. The molecule has 0 saturated heterocycles. The van der Waals surface area contributed by atoms with Gasteiger partial charge < -0.3 is 10.5 Å². The zero-order valence-corrected chi connectivity index (χ0v) is 9.48. The number of alkyl halides is 3. The molecule has 0 bridgehead atoms. The predicted molar refractivity (Wildman–Crippen MR) is 59.8 cm³/mol. The van der Waals surface area contributed by atoms with Crippen LogP contribution in [0.5, 0.6) is 5.75 Å². The third-order valence-electron chi connectivity index (χ3n) is 1.76. The van der Waals surface area contributed by atoms with Crippen LogP contribution >= 0.6 is 12.2 Å². The van der Waals surface area contributed by atoms with Gasteiger partial charge in [-0.05, 0) is 24.3 Å². The van der Waals surface area contributed by atoms with Gasteiger partial charge in [-0.3, -0.25) is 4.74 Å². The lowest BCUT2D eigenvalue weighted by molar-refractivity contribution is -0.325. The summed E-state index contributed by atoms with van der Waals surface area (Å²) in [5, 5.41) is 0. The van der Waals surface area contributed by atoms with Crippen molar-refractivity contribution < 1.29 is 22.6 Å². The number of benzene rings is 1. The largest absolute Gasteiger partial charge is 0.522 e. The zero-order chi connectivity index (χ0) is 12.9. The molecule has 0 unspecified atom stereocenters. The summed E-state index contributed by atoms with van der Waals surface area (Å²) in [5.74, 6) is 0.427. The van der Waals surface area contributed by atoms with E-state index in [-0.39, 0.29) is 11.6 Å². The van der Waals surface area contributed by atoms with Crippen LogP contribution in [0.2, 0.25) is 0 Å². The Morgan fingerprint density at radius 1 is 1.18 bits per heavy atom. The van der Waals surface area contributed by atoms with Crippen molar-refractivity contribution >= 4 is 17.2 Å². The Balaban J connectivity index is 2.35. The molecule has 0 aliphatic carbocycles. The number of ether oxygens (including phenoxy) is 2. The van der Waals surface area contributed by atoms with Crippen molar-refractivity contribution in [2.75, 3.05) is 13.2 Å². The van der Waals surface area contributed by atoms with E-state index in [9.17, 15) is 13.2 Å². The molecule has 0 amide bonds. The third-order valence-corrected chi connectivity index (χ3v) is 1.99. The normalized spacial score (nSPS) is 11.2. The van der Waals surface area contributed by atoms with Crippen molar-refractivity contribution in [1.29, 1.82) is 0 Å². The Hall–Kier alpha value is -1.34. The van der Waals surface area contributed by atoms with Gasteiger partial charge in [-0.25, -0.2) is 0 Å². The molecule has 1 rings (SSSR count). The molecule has 0 heterocycles. The molecule has 7 heteroatoms. The highest BCUT2D eigenvalue weighted by Gasteiger charge is 2.28. The molecule has 0 aliphatic heterocycles. The van der Waals surface area contributed by atoms with E-state index in [1.807, 2.05) is 0 Å². The fourth-order valence-electron chi connectivity index (χ4n) is 1.03. The maximum Gasteiger partial charge on any atom is 0.522 e. The standard InChI is InChI=1S/C10H10F3NO2S/c11-10(12,13)16-6-5-15-8-3-1-7(2-4-8)9(14)17/h1-4H,5-6H2,(H2,14,17). The van der Waals surface area contributed by atoms with Crippen LogP contribution in [0, 0.1) is 0 Å². The number of hydrogen-bond acceptors (Lipinski definition) is 3. The van der Waals surface area contributed by atoms with Gasteiger partial charge in [-0.1, -0.05) is 12.2 Å². The lowest BCUT2D eigenvalue weighted by Crippen LogP contribution is -2.18. The molecular formula is C10H10F3NO2S. The van der Waals surface area contributed by atoms with Crippen molar-refractivity contribution in [2.24, 2.45) is 5.73 Å². The number of hydrogen-bond donors (Lipinski definition) is 1. The SMILES string of the molecule is NC(=S)c1ccc(OCCOC(F)(F)F)cc1. The number of rotatable bonds is 5. The van der Waals surface area contributed by atoms with Crippen LogP contribution in [0.4, 0.5) is 13.2 Å². The van der Waals surface area contributed by atoms with Crippen molar-refractivity contribution in [3.05, 3.63) is 29.8 Å². The minimum Gasteiger partial charge on any atom is -0.491 e. The smallest absolute Gasteiger partial charge is 0.491 e. The molecule has 0 fully saturated rings. The van der Waals surface area contributed by atoms with Gasteiger partial charge in [0.25, 0.3) is 0 Å². The summed E-state index contributed by atoms with van der Waals surface area (Å²) in [5.41, 5.74) is 6.04. The van der Waals surface area contributed by atoms with Gasteiger partial charge in [0.15, 0.2) is 0 Å². The minimum atomic E-state index is -4.63. The van der Waals surface area contributed by atoms with E-state index in [0.717, 1.165) is 0 Å². The molecule has 0 aliphatic rings. The molecule has 1 aromatic carbocycles. The lowest BCUT2D eigenvalue weighted by atomic mass is 10.2. The first-order chi connectivity index (χ1) is 7.88. The van der Waals surface area contributed by atoms with E-state index in [0.29, 0.717) is 11.3 Å². The monoisotopic (exact) mass is 265 g/mol.